The average Bonchev–Trinajstić information content (AvgIpc) is 3.40. The smallest absolute Gasteiger partial charge is 0.257 e. The molecule has 0 unspecified atom stereocenters. The molecule has 1 N–H and O–H groups in total. The highest BCUT2D eigenvalue weighted by Gasteiger charge is 2.22. The van der Waals surface area contributed by atoms with Crippen LogP contribution in [-0.2, 0) is 30.8 Å². The third-order valence-corrected chi connectivity index (χ3v) is 7.04. The Labute approximate surface area is 191 Å². The van der Waals surface area contributed by atoms with Crippen LogP contribution in [0.4, 0.5) is 5.13 Å². The minimum Gasteiger partial charge on any atom is -0.338 e. The van der Waals surface area contributed by atoms with E-state index >= 15 is 0 Å². The molecule has 2 aliphatic heterocycles. The molecule has 1 saturated heterocycles. The number of likely N-dealkylation sites (tertiary alicyclic amines) is 1. The zero-order chi connectivity index (χ0) is 21.9. The molecule has 1 aromatic heterocycles. The second-order valence-corrected chi connectivity index (χ2v) is 9.49. The number of rotatable bonds is 6. The predicted molar refractivity (Wildman–Crippen MR) is 125 cm³/mol. The monoisotopic (exact) mass is 446 g/mol. The predicted octanol–water partition coefficient (Wildman–Crippen LogP) is 4.08. The quantitative estimate of drug-likeness (QED) is 0.620. The first-order valence-corrected chi connectivity index (χ1v) is 11.9. The maximum absolute atomic E-state index is 12.7. The number of nitrogens with zero attached hydrogens (tertiary/aromatic N) is 3. The van der Waals surface area contributed by atoms with Crippen LogP contribution in [0, 0.1) is 0 Å². The third-order valence-electron chi connectivity index (χ3n) is 6.04. The first kappa shape index (κ1) is 20.8. The van der Waals surface area contributed by atoms with Crippen LogP contribution < -0.4 is 5.32 Å². The van der Waals surface area contributed by atoms with Gasteiger partial charge in [-0.15, -0.1) is 11.3 Å². The molecule has 3 aromatic rings. The van der Waals surface area contributed by atoms with Gasteiger partial charge < -0.3 is 4.90 Å². The second-order valence-electron chi connectivity index (χ2n) is 8.41. The Morgan fingerprint density at radius 1 is 0.969 bits per heavy atom. The zero-order valence-electron chi connectivity index (χ0n) is 17.9. The van der Waals surface area contributed by atoms with Crippen LogP contribution in [0.1, 0.15) is 44.9 Å². The van der Waals surface area contributed by atoms with Crippen LogP contribution in [0.25, 0.3) is 0 Å². The maximum Gasteiger partial charge on any atom is 0.257 e. The molecule has 0 bridgehead atoms. The Morgan fingerprint density at radius 2 is 1.75 bits per heavy atom. The normalized spacial score (nSPS) is 16.2. The number of aromatic nitrogens is 1. The van der Waals surface area contributed by atoms with Gasteiger partial charge in [-0.2, -0.15) is 0 Å². The summed E-state index contributed by atoms with van der Waals surface area (Å²) in [7, 11) is 0. The van der Waals surface area contributed by atoms with E-state index in [1.54, 1.807) is 11.3 Å². The molecule has 32 heavy (non-hydrogen) atoms. The first-order chi connectivity index (χ1) is 15.6. The number of amides is 2. The molecular formula is C25H26N4O2S. The van der Waals surface area contributed by atoms with Gasteiger partial charge in [0.25, 0.3) is 5.91 Å². The Bertz CT molecular complexity index is 1110. The van der Waals surface area contributed by atoms with Gasteiger partial charge in [-0.1, -0.05) is 42.5 Å². The lowest BCUT2D eigenvalue weighted by Gasteiger charge is -2.25. The van der Waals surface area contributed by atoms with E-state index in [-0.39, 0.29) is 11.8 Å². The topological polar surface area (TPSA) is 65.5 Å². The molecule has 2 aromatic carbocycles. The number of hydrogen-bond donors (Lipinski definition) is 1. The van der Waals surface area contributed by atoms with E-state index < -0.39 is 0 Å². The fourth-order valence-electron chi connectivity index (χ4n) is 4.30. The largest absolute Gasteiger partial charge is 0.338 e. The molecule has 3 heterocycles. The SMILES string of the molecule is O=C(Nc1nc2c(s1)CN(Cc1ccccc1)CC2)c1ccc(CN2CCCC2=O)cc1. The highest BCUT2D eigenvalue weighted by Crippen LogP contribution is 2.29. The number of nitrogens with one attached hydrogen (secondary N) is 1. The van der Waals surface area contributed by atoms with Crippen molar-refractivity contribution in [1.29, 1.82) is 0 Å². The minimum absolute atomic E-state index is 0.152. The molecule has 2 aliphatic rings. The number of thiazole rings is 1. The number of carbonyl (C=O) groups excluding carboxylic acids is 2. The fourth-order valence-corrected chi connectivity index (χ4v) is 5.35. The summed E-state index contributed by atoms with van der Waals surface area (Å²) in [6, 6.07) is 18.0. The molecule has 164 valence electrons. The molecule has 0 saturated carbocycles. The Balaban J connectivity index is 1.19. The van der Waals surface area contributed by atoms with Crippen LogP contribution in [0.5, 0.6) is 0 Å². The lowest BCUT2D eigenvalue weighted by molar-refractivity contribution is -0.128. The van der Waals surface area contributed by atoms with Gasteiger partial charge in [-0.25, -0.2) is 4.98 Å². The van der Waals surface area contributed by atoms with Crippen molar-refractivity contribution in [2.75, 3.05) is 18.4 Å². The van der Waals surface area contributed by atoms with E-state index in [1.165, 1.54) is 10.4 Å². The van der Waals surface area contributed by atoms with Gasteiger partial charge in [0.05, 0.1) is 5.69 Å². The summed E-state index contributed by atoms with van der Waals surface area (Å²) in [6.45, 7) is 4.19. The lowest BCUT2D eigenvalue weighted by atomic mass is 10.1. The van der Waals surface area contributed by atoms with E-state index in [0.717, 1.165) is 50.3 Å². The maximum atomic E-state index is 12.7. The van der Waals surface area contributed by atoms with Crippen molar-refractivity contribution < 1.29 is 9.59 Å². The summed E-state index contributed by atoms with van der Waals surface area (Å²) >= 11 is 1.57. The van der Waals surface area contributed by atoms with Crippen LogP contribution in [0.2, 0.25) is 0 Å². The van der Waals surface area contributed by atoms with E-state index in [0.29, 0.717) is 23.7 Å². The lowest BCUT2D eigenvalue weighted by Crippen LogP contribution is -2.29. The summed E-state index contributed by atoms with van der Waals surface area (Å²) in [5.74, 6) is 0.0583. The van der Waals surface area contributed by atoms with Crippen LogP contribution in [0.15, 0.2) is 54.6 Å². The standard InChI is InChI=1S/C25H26N4O2S/c30-23-7-4-13-29(23)16-19-8-10-20(11-9-19)24(31)27-25-26-21-12-14-28(17-22(21)32-25)15-18-5-2-1-3-6-18/h1-3,5-6,8-11H,4,7,12-17H2,(H,26,27,31). The van der Waals surface area contributed by atoms with E-state index in [4.69, 9.17) is 0 Å². The molecule has 0 spiro atoms. The van der Waals surface area contributed by atoms with E-state index in [9.17, 15) is 9.59 Å². The summed E-state index contributed by atoms with van der Waals surface area (Å²) in [6.07, 6.45) is 2.47. The zero-order valence-corrected chi connectivity index (χ0v) is 18.7. The summed E-state index contributed by atoms with van der Waals surface area (Å²) in [5.41, 5.74) is 4.05. The molecule has 0 atom stereocenters. The highest BCUT2D eigenvalue weighted by atomic mass is 32.1. The number of benzene rings is 2. The van der Waals surface area contributed by atoms with Crippen molar-refractivity contribution in [3.05, 3.63) is 81.9 Å². The number of hydrogen-bond acceptors (Lipinski definition) is 5. The van der Waals surface area contributed by atoms with Crippen LogP contribution in [0.3, 0.4) is 0 Å². The molecule has 7 heteroatoms. The van der Waals surface area contributed by atoms with Crippen LogP contribution >= 0.6 is 11.3 Å². The van der Waals surface area contributed by atoms with Crippen molar-refractivity contribution in [2.45, 2.75) is 38.9 Å². The number of carbonyl (C=O) groups is 2. The van der Waals surface area contributed by atoms with Crippen molar-refractivity contribution in [2.24, 2.45) is 0 Å². The molecule has 6 nitrogen and oxygen atoms in total. The molecule has 5 rings (SSSR count). The van der Waals surface area contributed by atoms with Crippen LogP contribution in [-0.4, -0.2) is 39.7 Å². The van der Waals surface area contributed by atoms with Crippen molar-refractivity contribution >= 4 is 28.3 Å². The minimum atomic E-state index is -0.152. The molecule has 2 amide bonds. The van der Waals surface area contributed by atoms with E-state index in [1.807, 2.05) is 35.2 Å². The van der Waals surface area contributed by atoms with Gasteiger partial charge in [-0.3, -0.25) is 19.8 Å². The second kappa shape index (κ2) is 9.22. The average molecular weight is 447 g/mol. The highest BCUT2D eigenvalue weighted by molar-refractivity contribution is 7.15. The van der Waals surface area contributed by atoms with Gasteiger partial charge in [0.15, 0.2) is 5.13 Å². The Morgan fingerprint density at radius 3 is 2.50 bits per heavy atom. The van der Waals surface area contributed by atoms with Crippen molar-refractivity contribution in [1.82, 2.24) is 14.8 Å². The molecular weight excluding hydrogens is 420 g/mol. The van der Waals surface area contributed by atoms with Gasteiger partial charge in [0.1, 0.15) is 0 Å². The Kier molecular flexibility index (Phi) is 6.01. The summed E-state index contributed by atoms with van der Waals surface area (Å²) < 4.78 is 0. The van der Waals surface area contributed by atoms with E-state index in [2.05, 4.69) is 39.5 Å². The van der Waals surface area contributed by atoms with Gasteiger partial charge in [-0.05, 0) is 29.7 Å². The van der Waals surface area contributed by atoms with Gasteiger partial charge in [0.2, 0.25) is 5.91 Å². The Hall–Kier alpha value is -3.03. The molecule has 0 radical (unpaired) electrons. The summed E-state index contributed by atoms with van der Waals surface area (Å²) in [4.78, 5) is 34.7. The van der Waals surface area contributed by atoms with Gasteiger partial charge in [0, 0.05) is 56.0 Å². The van der Waals surface area contributed by atoms with Crippen molar-refractivity contribution in [3.63, 3.8) is 0 Å². The third kappa shape index (κ3) is 4.74. The van der Waals surface area contributed by atoms with Gasteiger partial charge >= 0.3 is 0 Å². The molecule has 1 fully saturated rings. The number of fused-ring (bicyclic) bond motifs is 1. The van der Waals surface area contributed by atoms with Crippen molar-refractivity contribution in [3.8, 4) is 0 Å². The molecule has 0 aliphatic carbocycles. The number of anilines is 1. The fraction of sp³-hybridized carbons (Fsp3) is 0.320. The first-order valence-electron chi connectivity index (χ1n) is 11.1. The summed E-state index contributed by atoms with van der Waals surface area (Å²) in [5, 5.41) is 3.63.